The Morgan fingerprint density at radius 3 is 2.49 bits per heavy atom. The first-order valence-electron chi connectivity index (χ1n) is 12.4. The van der Waals surface area contributed by atoms with Gasteiger partial charge in [-0.25, -0.2) is 4.39 Å². The van der Waals surface area contributed by atoms with E-state index >= 15 is 0 Å². The quantitative estimate of drug-likeness (QED) is 0.447. The molecule has 0 bridgehead atoms. The molecule has 7 heteroatoms. The van der Waals surface area contributed by atoms with Gasteiger partial charge in [0.2, 0.25) is 0 Å². The second-order valence-corrected chi connectivity index (χ2v) is 9.68. The van der Waals surface area contributed by atoms with Crippen molar-refractivity contribution in [3.8, 4) is 22.4 Å². The van der Waals surface area contributed by atoms with Crippen LogP contribution in [-0.4, -0.2) is 33.4 Å². The number of carbonyl (C=O) groups is 1. The summed E-state index contributed by atoms with van der Waals surface area (Å²) in [6.07, 6.45) is 3.12. The summed E-state index contributed by atoms with van der Waals surface area (Å²) >= 11 is 0. The molecule has 1 aromatic heterocycles. The minimum absolute atomic E-state index is 0. The maximum atomic E-state index is 13.8. The van der Waals surface area contributed by atoms with Crippen molar-refractivity contribution in [1.82, 2.24) is 4.98 Å². The number of carbonyl (C=O) groups excluding carboxylic acids is 1. The first-order valence-corrected chi connectivity index (χ1v) is 12.4. The molecule has 2 N–H and O–H groups in total. The van der Waals surface area contributed by atoms with E-state index in [1.54, 1.807) is 24.3 Å². The van der Waals surface area contributed by atoms with Crippen molar-refractivity contribution in [3.63, 3.8) is 0 Å². The summed E-state index contributed by atoms with van der Waals surface area (Å²) in [5.41, 5.74) is 7.89. The summed E-state index contributed by atoms with van der Waals surface area (Å²) in [6, 6.07) is 14.7. The normalized spacial score (nSPS) is 14.4. The van der Waals surface area contributed by atoms with E-state index in [-0.39, 0.29) is 47.7 Å². The number of hydrogen-bond donors (Lipinski definition) is 2. The van der Waals surface area contributed by atoms with Crippen molar-refractivity contribution in [3.05, 3.63) is 82.8 Å². The molecule has 188 valence electrons. The van der Waals surface area contributed by atoms with Crippen LogP contribution in [0.5, 0.6) is 0 Å². The van der Waals surface area contributed by atoms with Gasteiger partial charge in [-0.2, -0.15) is 0 Å². The molecule has 0 unspecified atom stereocenters. The second-order valence-electron chi connectivity index (χ2n) is 9.68. The Labute approximate surface area is 239 Å². The van der Waals surface area contributed by atoms with E-state index < -0.39 is 24.6 Å². The van der Waals surface area contributed by atoms with E-state index in [9.17, 15) is 24.5 Å². The molecule has 37 heavy (non-hydrogen) atoms. The van der Waals surface area contributed by atoms with Crippen LogP contribution in [0.1, 0.15) is 61.4 Å². The standard InChI is InChI=1S/C30H32FNO4.Na/c1-18(2)29-26(15-14-22(33)16-23(34)17-27(35)36)28(20-10-12-21(31)13-11-20)25-9-5-7-19-6-3-4-8-24(19)30(25)32-29;/h3-4,6,8,10-15,18,22-23,33-34H,5,7,9,16-17H2,1-2H3,(H,35,36);/q;+1/p-1/b15-14+;/t22-,23-;/m1./s1. The zero-order valence-electron chi connectivity index (χ0n) is 21.6. The van der Waals surface area contributed by atoms with Gasteiger partial charge >= 0.3 is 29.6 Å². The Kier molecular flexibility index (Phi) is 10.2. The fraction of sp³-hybridized carbons (Fsp3) is 0.333. The van der Waals surface area contributed by atoms with Gasteiger partial charge in [0.1, 0.15) is 5.82 Å². The summed E-state index contributed by atoms with van der Waals surface area (Å²) in [4.78, 5) is 15.9. The predicted octanol–water partition coefficient (Wildman–Crippen LogP) is 1.44. The molecular weight excluding hydrogens is 480 g/mol. The number of benzene rings is 2. The fourth-order valence-corrected chi connectivity index (χ4v) is 4.94. The van der Waals surface area contributed by atoms with E-state index in [2.05, 4.69) is 26.0 Å². The summed E-state index contributed by atoms with van der Waals surface area (Å²) < 4.78 is 13.8. The van der Waals surface area contributed by atoms with Crippen LogP contribution in [0.3, 0.4) is 0 Å². The zero-order valence-corrected chi connectivity index (χ0v) is 23.6. The largest absolute Gasteiger partial charge is 1.00 e. The minimum atomic E-state index is -1.37. The van der Waals surface area contributed by atoms with Crippen molar-refractivity contribution in [2.24, 2.45) is 0 Å². The van der Waals surface area contributed by atoms with Gasteiger partial charge in [-0.1, -0.05) is 62.4 Å². The third kappa shape index (κ3) is 6.95. The van der Waals surface area contributed by atoms with Crippen LogP contribution in [0, 0.1) is 5.82 Å². The van der Waals surface area contributed by atoms with Gasteiger partial charge in [0.05, 0.1) is 23.6 Å². The Bertz CT molecular complexity index is 1270. The number of aliphatic hydroxyl groups is 2. The molecule has 0 spiro atoms. The number of nitrogens with zero attached hydrogens (tertiary/aromatic N) is 1. The maximum Gasteiger partial charge on any atom is 1.00 e. The van der Waals surface area contributed by atoms with Crippen molar-refractivity contribution >= 4 is 12.0 Å². The average molecular weight is 512 g/mol. The second kappa shape index (κ2) is 12.9. The van der Waals surface area contributed by atoms with Gasteiger partial charge in [0.15, 0.2) is 0 Å². The SMILES string of the molecule is CC(C)c1nc2c(c(-c3ccc(F)cc3)c1/C=C/[C@@H](O)C[C@@H](O)CC(=O)[O-])CCCc1ccccc1-2.[Na+]. The molecule has 0 radical (unpaired) electrons. The molecule has 0 amide bonds. The Hall–Kier alpha value is -2.35. The van der Waals surface area contributed by atoms with Gasteiger partial charge in [-0.3, -0.25) is 4.98 Å². The van der Waals surface area contributed by atoms with E-state index in [4.69, 9.17) is 4.98 Å². The number of aliphatic carboxylic acids is 1. The number of rotatable bonds is 8. The summed E-state index contributed by atoms with van der Waals surface area (Å²) in [5, 5.41) is 31.2. The summed E-state index contributed by atoms with van der Waals surface area (Å²) in [5.74, 6) is -1.62. The Morgan fingerprint density at radius 2 is 1.81 bits per heavy atom. The van der Waals surface area contributed by atoms with Gasteiger partial charge in [0.25, 0.3) is 0 Å². The zero-order chi connectivity index (χ0) is 25.8. The molecule has 0 fully saturated rings. The number of halogens is 1. The smallest absolute Gasteiger partial charge is 0.550 e. The first kappa shape index (κ1) is 29.2. The number of aromatic nitrogens is 1. The molecule has 4 rings (SSSR count). The third-order valence-corrected chi connectivity index (χ3v) is 6.59. The van der Waals surface area contributed by atoms with E-state index in [1.165, 1.54) is 17.7 Å². The Balaban J connectivity index is 0.00000380. The summed E-state index contributed by atoms with van der Waals surface area (Å²) in [7, 11) is 0. The number of carboxylic acids is 1. The molecule has 1 aliphatic rings. The molecule has 2 aromatic carbocycles. The topological polar surface area (TPSA) is 93.5 Å². The monoisotopic (exact) mass is 511 g/mol. The number of aryl methyl sites for hydroxylation is 1. The molecule has 1 aliphatic carbocycles. The van der Waals surface area contributed by atoms with E-state index in [0.29, 0.717) is 0 Å². The molecular formula is C30H31FNNaO4. The minimum Gasteiger partial charge on any atom is -0.550 e. The first-order chi connectivity index (χ1) is 17.2. The molecule has 1 heterocycles. The number of pyridine rings is 1. The average Bonchev–Trinajstić information content (AvgIpc) is 3.01. The summed E-state index contributed by atoms with van der Waals surface area (Å²) in [6.45, 7) is 4.12. The van der Waals surface area contributed by atoms with Gasteiger partial charge < -0.3 is 20.1 Å². The maximum absolute atomic E-state index is 13.8. The molecule has 5 nitrogen and oxygen atoms in total. The van der Waals surface area contributed by atoms with Crippen molar-refractivity contribution < 1.29 is 54.1 Å². The van der Waals surface area contributed by atoms with Crippen LogP contribution < -0.4 is 34.7 Å². The predicted molar refractivity (Wildman–Crippen MR) is 136 cm³/mol. The number of fused-ring (bicyclic) bond motifs is 3. The molecule has 0 aliphatic heterocycles. The third-order valence-electron chi connectivity index (χ3n) is 6.59. The Morgan fingerprint density at radius 1 is 1.11 bits per heavy atom. The van der Waals surface area contributed by atoms with Gasteiger partial charge in [-0.15, -0.1) is 0 Å². The van der Waals surface area contributed by atoms with Crippen LogP contribution in [0.25, 0.3) is 28.5 Å². The molecule has 0 saturated carbocycles. The van der Waals surface area contributed by atoms with Crippen molar-refractivity contribution in [1.29, 1.82) is 0 Å². The molecule has 2 atom stereocenters. The van der Waals surface area contributed by atoms with Gasteiger partial charge in [-0.05, 0) is 59.6 Å². The number of carboxylic acid groups (broad SMARTS) is 1. The molecule has 3 aromatic rings. The molecule has 0 saturated heterocycles. The fourth-order valence-electron chi connectivity index (χ4n) is 4.94. The van der Waals surface area contributed by atoms with Crippen LogP contribution in [0.2, 0.25) is 0 Å². The number of hydrogen-bond acceptors (Lipinski definition) is 5. The van der Waals surface area contributed by atoms with E-state index in [0.717, 1.165) is 58.5 Å². The van der Waals surface area contributed by atoms with Crippen LogP contribution >= 0.6 is 0 Å². The van der Waals surface area contributed by atoms with Crippen LogP contribution in [0.15, 0.2) is 54.6 Å². The van der Waals surface area contributed by atoms with E-state index in [1.807, 2.05) is 12.1 Å². The van der Waals surface area contributed by atoms with Crippen molar-refractivity contribution in [2.45, 2.75) is 64.1 Å². The van der Waals surface area contributed by atoms with Crippen LogP contribution in [-0.2, 0) is 17.6 Å². The van der Waals surface area contributed by atoms with Crippen molar-refractivity contribution in [2.75, 3.05) is 0 Å². The number of aliphatic hydroxyl groups excluding tert-OH is 2. The van der Waals surface area contributed by atoms with Gasteiger partial charge in [0, 0.05) is 29.9 Å². The van der Waals surface area contributed by atoms with Crippen LogP contribution in [0.4, 0.5) is 4.39 Å².